The van der Waals surface area contributed by atoms with Crippen molar-refractivity contribution in [2.24, 2.45) is 10.7 Å². The number of halogens is 1. The largest absolute Gasteiger partial charge is 0.385 e. The van der Waals surface area contributed by atoms with Gasteiger partial charge in [0.05, 0.1) is 6.54 Å². The second-order valence-corrected chi connectivity index (χ2v) is 5.13. The summed E-state index contributed by atoms with van der Waals surface area (Å²) in [7, 11) is 1.74. The summed E-state index contributed by atoms with van der Waals surface area (Å²) >= 11 is 0. The molecule has 120 valence electrons. The Bertz CT molecular complexity index is 264. The van der Waals surface area contributed by atoms with Gasteiger partial charge < -0.3 is 15.8 Å². The smallest absolute Gasteiger partial charge is 0.188 e. The van der Waals surface area contributed by atoms with Crippen LogP contribution in [0.5, 0.6) is 0 Å². The minimum Gasteiger partial charge on any atom is -0.385 e. The van der Waals surface area contributed by atoms with E-state index in [0.717, 1.165) is 39.1 Å². The van der Waals surface area contributed by atoms with Crippen LogP contribution in [0, 0.1) is 0 Å². The van der Waals surface area contributed by atoms with E-state index >= 15 is 0 Å². The molecule has 20 heavy (non-hydrogen) atoms. The lowest BCUT2D eigenvalue weighted by Crippen LogP contribution is -2.36. The first-order chi connectivity index (χ1) is 9.27. The van der Waals surface area contributed by atoms with Crippen molar-refractivity contribution in [2.45, 2.75) is 45.1 Å². The Morgan fingerprint density at radius 1 is 1.40 bits per heavy atom. The predicted octanol–water partition coefficient (Wildman–Crippen LogP) is 1.81. The fourth-order valence-electron chi connectivity index (χ4n) is 2.54. The van der Waals surface area contributed by atoms with Crippen LogP contribution in [-0.4, -0.2) is 56.8 Å². The van der Waals surface area contributed by atoms with Crippen molar-refractivity contribution < 1.29 is 4.74 Å². The zero-order valence-corrected chi connectivity index (χ0v) is 15.3. The van der Waals surface area contributed by atoms with Gasteiger partial charge in [-0.2, -0.15) is 0 Å². The van der Waals surface area contributed by atoms with Crippen LogP contribution in [0.25, 0.3) is 0 Å². The quantitative estimate of drug-likeness (QED) is 0.269. The van der Waals surface area contributed by atoms with Crippen LogP contribution in [0.3, 0.4) is 0 Å². The van der Waals surface area contributed by atoms with Crippen LogP contribution in [0.4, 0.5) is 0 Å². The molecule has 0 saturated carbocycles. The van der Waals surface area contributed by atoms with E-state index in [1.54, 1.807) is 7.11 Å². The van der Waals surface area contributed by atoms with Crippen LogP contribution in [0.15, 0.2) is 4.99 Å². The highest BCUT2D eigenvalue weighted by molar-refractivity contribution is 14.0. The lowest BCUT2D eigenvalue weighted by molar-refractivity contribution is 0.192. The number of nitrogens with zero attached hydrogens (tertiary/aromatic N) is 2. The summed E-state index contributed by atoms with van der Waals surface area (Å²) in [4.78, 5) is 6.94. The number of hydrogen-bond acceptors (Lipinski definition) is 3. The molecule has 0 aromatic rings. The van der Waals surface area contributed by atoms with Crippen molar-refractivity contribution in [1.29, 1.82) is 0 Å². The van der Waals surface area contributed by atoms with E-state index in [4.69, 9.17) is 10.5 Å². The topological polar surface area (TPSA) is 62.9 Å². The van der Waals surface area contributed by atoms with Gasteiger partial charge in [-0.3, -0.25) is 9.89 Å². The van der Waals surface area contributed by atoms with Crippen LogP contribution in [0.2, 0.25) is 0 Å². The van der Waals surface area contributed by atoms with E-state index in [9.17, 15) is 0 Å². The number of aliphatic imine (C=N–C) groups is 1. The number of rotatable bonds is 9. The van der Waals surface area contributed by atoms with Crippen LogP contribution in [0.1, 0.15) is 39.0 Å². The molecule has 0 bridgehead atoms. The van der Waals surface area contributed by atoms with Crippen molar-refractivity contribution in [1.82, 2.24) is 10.2 Å². The van der Waals surface area contributed by atoms with E-state index in [0.29, 0.717) is 12.0 Å². The minimum absolute atomic E-state index is 0. The number of unbranched alkanes of at least 4 members (excludes halogenated alkanes) is 2. The molecule has 1 heterocycles. The second-order valence-electron chi connectivity index (χ2n) is 5.13. The van der Waals surface area contributed by atoms with Gasteiger partial charge in [0, 0.05) is 26.3 Å². The lowest BCUT2D eigenvalue weighted by Gasteiger charge is -2.20. The second kappa shape index (κ2) is 12.6. The number of guanidine groups is 1. The van der Waals surface area contributed by atoms with Gasteiger partial charge in [0.25, 0.3) is 0 Å². The molecule has 1 unspecified atom stereocenters. The summed E-state index contributed by atoms with van der Waals surface area (Å²) in [6, 6.07) is 0.590. The Morgan fingerprint density at radius 2 is 2.20 bits per heavy atom. The number of nitrogens with one attached hydrogen (secondary N) is 1. The molecule has 0 aromatic heterocycles. The third kappa shape index (κ3) is 8.26. The first kappa shape index (κ1) is 19.9. The van der Waals surface area contributed by atoms with E-state index in [2.05, 4.69) is 22.1 Å². The zero-order valence-electron chi connectivity index (χ0n) is 12.9. The predicted molar refractivity (Wildman–Crippen MR) is 95.9 cm³/mol. The van der Waals surface area contributed by atoms with Crippen molar-refractivity contribution >= 4 is 29.9 Å². The maximum atomic E-state index is 5.88. The van der Waals surface area contributed by atoms with E-state index in [-0.39, 0.29) is 24.0 Å². The van der Waals surface area contributed by atoms with Crippen LogP contribution >= 0.6 is 24.0 Å². The first-order valence-electron chi connectivity index (χ1n) is 7.54. The van der Waals surface area contributed by atoms with Crippen molar-refractivity contribution in [2.75, 3.05) is 39.9 Å². The van der Waals surface area contributed by atoms with Crippen molar-refractivity contribution in [3.63, 3.8) is 0 Å². The average Bonchev–Trinajstić information content (AvgIpc) is 2.88. The molecular formula is C14H31IN4O. The molecule has 1 fully saturated rings. The zero-order chi connectivity index (χ0) is 13.9. The highest BCUT2D eigenvalue weighted by atomic mass is 127. The fraction of sp³-hybridized carbons (Fsp3) is 0.929. The molecule has 0 radical (unpaired) electrons. The highest BCUT2D eigenvalue weighted by Crippen LogP contribution is 2.16. The molecule has 5 nitrogen and oxygen atoms in total. The number of likely N-dealkylation sites (tertiary alicyclic amines) is 1. The van der Waals surface area contributed by atoms with E-state index in [1.807, 2.05) is 0 Å². The maximum Gasteiger partial charge on any atom is 0.188 e. The van der Waals surface area contributed by atoms with Gasteiger partial charge in [0.1, 0.15) is 0 Å². The average molecular weight is 398 g/mol. The van der Waals surface area contributed by atoms with Gasteiger partial charge in [-0.05, 0) is 45.2 Å². The summed E-state index contributed by atoms with van der Waals surface area (Å²) in [5, 5.41) is 3.18. The van der Waals surface area contributed by atoms with E-state index < -0.39 is 0 Å². The Kier molecular flexibility index (Phi) is 12.6. The minimum atomic E-state index is 0. The number of nitrogens with two attached hydrogens (primary N) is 1. The van der Waals surface area contributed by atoms with Gasteiger partial charge >= 0.3 is 0 Å². The van der Waals surface area contributed by atoms with Gasteiger partial charge in [-0.1, -0.05) is 6.92 Å². The molecule has 0 aromatic carbocycles. The van der Waals surface area contributed by atoms with Gasteiger partial charge in [-0.15, -0.1) is 24.0 Å². The van der Waals surface area contributed by atoms with Gasteiger partial charge in [-0.25, -0.2) is 0 Å². The van der Waals surface area contributed by atoms with Gasteiger partial charge in [0.15, 0.2) is 5.96 Å². The molecule has 0 aliphatic carbocycles. The summed E-state index contributed by atoms with van der Waals surface area (Å²) in [5.41, 5.74) is 5.88. The Morgan fingerprint density at radius 3 is 2.90 bits per heavy atom. The Balaban J connectivity index is 0.00000361. The number of ether oxygens (including phenoxy) is 1. The molecule has 1 saturated heterocycles. The molecular weight excluding hydrogens is 367 g/mol. The third-order valence-electron chi connectivity index (χ3n) is 3.71. The highest BCUT2D eigenvalue weighted by Gasteiger charge is 2.22. The number of likely N-dealkylation sites (N-methyl/N-ethyl adjacent to an activating group) is 1. The van der Waals surface area contributed by atoms with Gasteiger partial charge in [0.2, 0.25) is 0 Å². The normalized spacial score (nSPS) is 19.9. The SMILES string of the molecule is CCN1CCCC1CN=C(N)NCCCCCOC.I. The molecule has 0 amide bonds. The molecule has 1 rings (SSSR count). The summed E-state index contributed by atoms with van der Waals surface area (Å²) in [6.07, 6.45) is 5.94. The summed E-state index contributed by atoms with van der Waals surface area (Å²) < 4.78 is 5.01. The molecule has 1 atom stereocenters. The Hall–Kier alpha value is -0.0800. The Labute approximate surface area is 140 Å². The van der Waals surface area contributed by atoms with Crippen molar-refractivity contribution in [3.8, 4) is 0 Å². The van der Waals surface area contributed by atoms with E-state index in [1.165, 1.54) is 25.8 Å². The lowest BCUT2D eigenvalue weighted by atomic mass is 10.2. The monoisotopic (exact) mass is 398 g/mol. The number of hydrogen-bond donors (Lipinski definition) is 2. The van der Waals surface area contributed by atoms with Crippen molar-refractivity contribution in [3.05, 3.63) is 0 Å². The molecule has 0 spiro atoms. The summed E-state index contributed by atoms with van der Waals surface area (Å²) in [5.74, 6) is 0.592. The molecule has 1 aliphatic rings. The fourth-order valence-corrected chi connectivity index (χ4v) is 2.54. The van der Waals surface area contributed by atoms with Crippen LogP contribution < -0.4 is 11.1 Å². The molecule has 1 aliphatic heterocycles. The standard InChI is InChI=1S/C14H30N4O.HI/c1-3-18-10-7-8-13(18)12-17-14(15)16-9-5-4-6-11-19-2;/h13H,3-12H2,1-2H3,(H3,15,16,17);1H. The molecule has 6 heteroatoms. The summed E-state index contributed by atoms with van der Waals surface area (Å²) in [6.45, 7) is 7.12. The maximum absolute atomic E-state index is 5.88. The van der Waals surface area contributed by atoms with Crippen LogP contribution in [-0.2, 0) is 4.74 Å². The third-order valence-corrected chi connectivity index (χ3v) is 3.71. The number of methoxy groups -OCH3 is 1. The molecule has 3 N–H and O–H groups in total. The first-order valence-corrected chi connectivity index (χ1v) is 7.54.